The highest BCUT2D eigenvalue weighted by Gasteiger charge is 2.11. The van der Waals surface area contributed by atoms with E-state index in [4.69, 9.17) is 0 Å². The number of hydrogen-bond donors (Lipinski definition) is 6. The molecular weight excluding hydrogens is 540 g/mol. The third-order valence-electron chi connectivity index (χ3n) is 5.74. The Bertz CT molecular complexity index is 1140. The molecule has 0 aliphatic heterocycles. The van der Waals surface area contributed by atoms with Crippen molar-refractivity contribution in [2.75, 3.05) is 10.6 Å². The lowest BCUT2D eigenvalue weighted by molar-refractivity contribution is -0.123. The van der Waals surface area contributed by atoms with E-state index in [-0.39, 0.29) is 36.5 Å². The van der Waals surface area contributed by atoms with Crippen LogP contribution in [-0.2, 0) is 19.2 Å². The molecule has 2 aromatic rings. The quantitative estimate of drug-likeness (QED) is 0.156. The number of carbonyl (C=O) groups is 6. The first-order chi connectivity index (χ1) is 19.9. The standard InChI is InChI=1S/C30H40N6O6/c1-19(2)17-27(39)31-23-13-9-21(10-14-23)29(41)35-33-25(37)7-5-6-8-26(38)34-36-30(42)22-11-15-24(16-12-22)32-28(40)18-20(3)4/h9-16,19-20H,5-8,17-18H2,1-4H3,(H,31,39)(H,32,40)(H,33,37)(H,34,38)(H,35,41)(H,36,42). The van der Waals surface area contributed by atoms with Gasteiger partial charge in [-0.2, -0.15) is 0 Å². The van der Waals surface area contributed by atoms with E-state index >= 15 is 0 Å². The number of rotatable bonds is 13. The third kappa shape index (κ3) is 13.1. The normalized spacial score (nSPS) is 10.5. The topological polar surface area (TPSA) is 175 Å². The van der Waals surface area contributed by atoms with Gasteiger partial charge >= 0.3 is 0 Å². The first kappa shape index (κ1) is 33.5. The number of hydrazine groups is 2. The Morgan fingerprint density at radius 3 is 1.14 bits per heavy atom. The molecule has 12 nitrogen and oxygen atoms in total. The predicted octanol–water partition coefficient (Wildman–Crippen LogP) is 3.44. The fourth-order valence-corrected chi connectivity index (χ4v) is 3.67. The maximum absolute atomic E-state index is 12.3. The lowest BCUT2D eigenvalue weighted by Crippen LogP contribution is -2.42. The molecule has 12 heteroatoms. The highest BCUT2D eigenvalue weighted by Crippen LogP contribution is 2.12. The summed E-state index contributed by atoms with van der Waals surface area (Å²) in [6.07, 6.45) is 1.73. The Labute approximate surface area is 245 Å². The van der Waals surface area contributed by atoms with Crippen LogP contribution in [0.2, 0.25) is 0 Å². The zero-order valence-corrected chi connectivity index (χ0v) is 24.5. The Kier molecular flexibility index (Phi) is 13.7. The lowest BCUT2D eigenvalue weighted by Gasteiger charge is -2.10. The summed E-state index contributed by atoms with van der Waals surface area (Å²) in [5.74, 6) is -1.61. The minimum Gasteiger partial charge on any atom is -0.326 e. The van der Waals surface area contributed by atoms with Gasteiger partial charge < -0.3 is 10.6 Å². The van der Waals surface area contributed by atoms with E-state index in [1.807, 2.05) is 27.7 Å². The van der Waals surface area contributed by atoms with Crippen LogP contribution in [0.3, 0.4) is 0 Å². The van der Waals surface area contributed by atoms with Gasteiger partial charge in [0.25, 0.3) is 11.8 Å². The Balaban J connectivity index is 1.61. The van der Waals surface area contributed by atoms with E-state index in [2.05, 4.69) is 32.3 Å². The molecule has 0 aromatic heterocycles. The van der Waals surface area contributed by atoms with Crippen LogP contribution in [0.4, 0.5) is 11.4 Å². The molecule has 0 radical (unpaired) electrons. The molecule has 0 unspecified atom stereocenters. The molecule has 0 fully saturated rings. The van der Waals surface area contributed by atoms with Gasteiger partial charge in [0.05, 0.1) is 0 Å². The number of unbranched alkanes of at least 4 members (excludes halogenated alkanes) is 1. The van der Waals surface area contributed by atoms with Crippen LogP contribution in [0.5, 0.6) is 0 Å². The van der Waals surface area contributed by atoms with Crippen LogP contribution in [0.25, 0.3) is 0 Å². The molecule has 2 rings (SSSR count). The minimum atomic E-state index is -0.510. The van der Waals surface area contributed by atoms with Crippen molar-refractivity contribution in [1.82, 2.24) is 21.7 Å². The van der Waals surface area contributed by atoms with Crippen molar-refractivity contribution in [1.29, 1.82) is 0 Å². The second-order valence-corrected chi connectivity index (χ2v) is 10.7. The van der Waals surface area contributed by atoms with Crippen LogP contribution >= 0.6 is 0 Å². The van der Waals surface area contributed by atoms with Gasteiger partial charge in [-0.1, -0.05) is 27.7 Å². The zero-order valence-electron chi connectivity index (χ0n) is 24.5. The summed E-state index contributed by atoms with van der Waals surface area (Å²) in [6.45, 7) is 7.79. The summed E-state index contributed by atoms with van der Waals surface area (Å²) in [7, 11) is 0. The molecule has 0 atom stereocenters. The largest absolute Gasteiger partial charge is 0.326 e. The Morgan fingerprint density at radius 2 is 0.833 bits per heavy atom. The van der Waals surface area contributed by atoms with Crippen LogP contribution in [0.15, 0.2) is 48.5 Å². The molecule has 0 heterocycles. The maximum atomic E-state index is 12.3. The second kappa shape index (κ2) is 17.2. The highest BCUT2D eigenvalue weighted by atomic mass is 16.2. The number of benzene rings is 2. The summed E-state index contributed by atoms with van der Waals surface area (Å²) in [6, 6.07) is 12.6. The van der Waals surface area contributed by atoms with Gasteiger partial charge in [0, 0.05) is 48.2 Å². The van der Waals surface area contributed by atoms with Crippen molar-refractivity contribution in [3.05, 3.63) is 59.7 Å². The number of hydrogen-bond acceptors (Lipinski definition) is 6. The van der Waals surface area contributed by atoms with Crippen LogP contribution in [-0.4, -0.2) is 35.4 Å². The monoisotopic (exact) mass is 580 g/mol. The first-order valence-corrected chi connectivity index (χ1v) is 13.9. The fourth-order valence-electron chi connectivity index (χ4n) is 3.67. The lowest BCUT2D eigenvalue weighted by atomic mass is 10.1. The molecule has 42 heavy (non-hydrogen) atoms. The van der Waals surface area contributed by atoms with Gasteiger partial charge in [0.15, 0.2) is 0 Å². The van der Waals surface area contributed by atoms with Crippen molar-refractivity contribution >= 4 is 46.8 Å². The second-order valence-electron chi connectivity index (χ2n) is 10.7. The molecule has 0 aliphatic carbocycles. The molecular formula is C30H40N6O6. The summed E-state index contributed by atoms with van der Waals surface area (Å²) in [4.78, 5) is 72.3. The number of anilines is 2. The van der Waals surface area contributed by atoms with Crippen molar-refractivity contribution in [3.8, 4) is 0 Å². The van der Waals surface area contributed by atoms with Gasteiger partial charge in [0.2, 0.25) is 23.6 Å². The van der Waals surface area contributed by atoms with Gasteiger partial charge in [-0.3, -0.25) is 50.5 Å². The number of nitrogens with one attached hydrogen (secondary N) is 6. The zero-order chi connectivity index (χ0) is 31.1. The Morgan fingerprint density at radius 1 is 0.500 bits per heavy atom. The fraction of sp³-hybridized carbons (Fsp3) is 0.400. The molecule has 6 amide bonds. The highest BCUT2D eigenvalue weighted by molar-refractivity contribution is 5.97. The van der Waals surface area contributed by atoms with E-state index in [9.17, 15) is 28.8 Å². The van der Waals surface area contributed by atoms with Gasteiger partial charge in [-0.05, 0) is 73.2 Å². The van der Waals surface area contributed by atoms with Crippen molar-refractivity contribution in [2.24, 2.45) is 11.8 Å². The van der Waals surface area contributed by atoms with E-state index in [1.54, 1.807) is 24.3 Å². The molecule has 6 N–H and O–H groups in total. The molecule has 0 saturated heterocycles. The van der Waals surface area contributed by atoms with E-state index in [1.165, 1.54) is 24.3 Å². The molecule has 0 saturated carbocycles. The molecule has 226 valence electrons. The van der Waals surface area contributed by atoms with Gasteiger partial charge in [-0.15, -0.1) is 0 Å². The van der Waals surface area contributed by atoms with E-state index < -0.39 is 23.6 Å². The van der Waals surface area contributed by atoms with Crippen LogP contribution in [0, 0.1) is 11.8 Å². The van der Waals surface area contributed by atoms with Crippen LogP contribution in [0.1, 0.15) is 86.9 Å². The maximum Gasteiger partial charge on any atom is 0.269 e. The van der Waals surface area contributed by atoms with Crippen LogP contribution < -0.4 is 32.3 Å². The first-order valence-electron chi connectivity index (χ1n) is 13.9. The van der Waals surface area contributed by atoms with Crippen molar-refractivity contribution < 1.29 is 28.8 Å². The van der Waals surface area contributed by atoms with Gasteiger partial charge in [-0.25, -0.2) is 0 Å². The third-order valence-corrected chi connectivity index (χ3v) is 5.74. The Hall–Kier alpha value is -4.74. The smallest absolute Gasteiger partial charge is 0.269 e. The number of carbonyl (C=O) groups excluding carboxylic acids is 6. The van der Waals surface area contributed by atoms with E-state index in [0.717, 1.165) is 0 Å². The summed E-state index contributed by atoms with van der Waals surface area (Å²) < 4.78 is 0. The summed E-state index contributed by atoms with van der Waals surface area (Å²) in [5, 5.41) is 5.51. The van der Waals surface area contributed by atoms with Crippen molar-refractivity contribution in [2.45, 2.75) is 66.2 Å². The summed E-state index contributed by atoms with van der Waals surface area (Å²) in [5.41, 5.74) is 11.1. The number of amides is 6. The minimum absolute atomic E-state index is 0.0841. The van der Waals surface area contributed by atoms with Crippen molar-refractivity contribution in [3.63, 3.8) is 0 Å². The molecule has 0 bridgehead atoms. The summed E-state index contributed by atoms with van der Waals surface area (Å²) >= 11 is 0. The van der Waals surface area contributed by atoms with E-state index in [0.29, 0.717) is 48.2 Å². The predicted molar refractivity (Wildman–Crippen MR) is 159 cm³/mol. The van der Waals surface area contributed by atoms with Gasteiger partial charge in [0.1, 0.15) is 0 Å². The molecule has 0 aliphatic rings. The SMILES string of the molecule is CC(C)CC(=O)Nc1ccc(C(=O)NNC(=O)CCCCC(=O)NNC(=O)c2ccc(NC(=O)CC(C)C)cc2)cc1. The molecule has 0 spiro atoms. The average molecular weight is 581 g/mol. The molecule has 2 aromatic carbocycles. The average Bonchev–Trinajstić information content (AvgIpc) is 2.92.